The smallest absolute Gasteiger partial charge is 0.242 e. The van der Waals surface area contributed by atoms with E-state index in [0.717, 1.165) is 37.5 Å². The molecule has 0 heterocycles. The molecule has 0 saturated heterocycles. The van der Waals surface area contributed by atoms with Gasteiger partial charge < -0.3 is 10.6 Å². The monoisotopic (exact) mass is 530 g/mol. The second kappa shape index (κ2) is 12.8. The van der Waals surface area contributed by atoms with Gasteiger partial charge >= 0.3 is 0 Å². The zero-order chi connectivity index (χ0) is 20.4. The number of nitrogens with one attached hydrogen (secondary N) is 2. The third-order valence-corrected chi connectivity index (χ3v) is 6.07. The molecule has 2 aromatic rings. The Morgan fingerprint density at radius 1 is 0.966 bits per heavy atom. The Bertz CT molecular complexity index is 854. The molecule has 0 unspecified atom stereocenters. The molecule has 0 fully saturated rings. The molecule has 0 aliphatic heterocycles. The molecular weight excluding hydrogens is 499 g/mol. The zero-order valence-electron chi connectivity index (χ0n) is 17.3. The Morgan fingerprint density at radius 2 is 1.62 bits per heavy atom. The number of sulfonamides is 1. The molecule has 2 aromatic carbocycles. The Morgan fingerprint density at radius 3 is 2.21 bits per heavy atom. The lowest BCUT2D eigenvalue weighted by Gasteiger charge is -2.12. The van der Waals surface area contributed by atoms with Crippen molar-refractivity contribution >= 4 is 40.0 Å². The number of rotatable bonds is 9. The molecule has 0 saturated carbocycles. The Labute approximate surface area is 191 Å². The largest absolute Gasteiger partial charge is 0.357 e. The molecule has 2 N–H and O–H groups in total. The van der Waals surface area contributed by atoms with Crippen LogP contribution in [0.1, 0.15) is 24.5 Å². The first kappa shape index (κ1) is 25.4. The van der Waals surface area contributed by atoms with Crippen molar-refractivity contribution in [2.45, 2.75) is 31.2 Å². The number of benzene rings is 2. The Kier molecular flexibility index (Phi) is 11.2. The highest BCUT2D eigenvalue weighted by Gasteiger charge is 2.16. The van der Waals surface area contributed by atoms with Gasteiger partial charge in [-0.25, -0.2) is 17.7 Å². The highest BCUT2D eigenvalue weighted by molar-refractivity contribution is 14.0. The van der Waals surface area contributed by atoms with Crippen molar-refractivity contribution in [3.05, 3.63) is 65.7 Å². The minimum Gasteiger partial charge on any atom is -0.357 e. The average molecular weight is 530 g/mol. The van der Waals surface area contributed by atoms with Crippen LogP contribution in [0.25, 0.3) is 0 Å². The molecule has 8 heteroatoms. The lowest BCUT2D eigenvalue weighted by atomic mass is 10.1. The van der Waals surface area contributed by atoms with Crippen molar-refractivity contribution in [3.8, 4) is 0 Å². The van der Waals surface area contributed by atoms with Crippen molar-refractivity contribution < 1.29 is 8.42 Å². The lowest BCUT2D eigenvalue weighted by molar-refractivity contribution is 0.520. The fraction of sp³-hybridized carbons (Fsp3) is 0.381. The lowest BCUT2D eigenvalue weighted by Crippen LogP contribution is -2.37. The molecule has 2 rings (SSSR count). The van der Waals surface area contributed by atoms with Gasteiger partial charge in [0.1, 0.15) is 0 Å². The number of hydrogen-bond donors (Lipinski definition) is 2. The zero-order valence-corrected chi connectivity index (χ0v) is 20.4. The maximum absolute atomic E-state index is 12.1. The van der Waals surface area contributed by atoms with E-state index in [2.05, 4.69) is 39.9 Å². The van der Waals surface area contributed by atoms with Gasteiger partial charge in [0.15, 0.2) is 5.96 Å². The topological polar surface area (TPSA) is 73.8 Å². The molecule has 0 radical (unpaired) electrons. The standard InChI is InChI=1S/C21H30N4O2S.HI/c1-4-22-21(23-16-8-11-18-9-6-5-7-10-18)24-17-19-12-14-20(15-13-19)28(26,27)25(2)3;/h5-7,9-10,12-15H,4,8,11,16-17H2,1-3H3,(H2,22,23,24);1H. The summed E-state index contributed by atoms with van der Waals surface area (Å²) in [5.41, 5.74) is 2.29. The van der Waals surface area contributed by atoms with Crippen LogP contribution < -0.4 is 10.6 Å². The van der Waals surface area contributed by atoms with Gasteiger partial charge in [-0.15, -0.1) is 24.0 Å². The minimum atomic E-state index is -3.40. The van der Waals surface area contributed by atoms with Crippen molar-refractivity contribution in [3.63, 3.8) is 0 Å². The summed E-state index contributed by atoms with van der Waals surface area (Å²) < 4.78 is 25.5. The van der Waals surface area contributed by atoms with Crippen LogP contribution in [0, 0.1) is 0 Å². The van der Waals surface area contributed by atoms with Crippen molar-refractivity contribution in [1.82, 2.24) is 14.9 Å². The van der Waals surface area contributed by atoms with Crippen LogP contribution in [0.5, 0.6) is 0 Å². The summed E-state index contributed by atoms with van der Waals surface area (Å²) >= 11 is 0. The molecule has 6 nitrogen and oxygen atoms in total. The number of aliphatic imine (C=N–C) groups is 1. The highest BCUT2D eigenvalue weighted by Crippen LogP contribution is 2.14. The van der Waals surface area contributed by atoms with Crippen molar-refractivity contribution in [2.24, 2.45) is 4.99 Å². The summed E-state index contributed by atoms with van der Waals surface area (Å²) in [5.74, 6) is 0.764. The summed E-state index contributed by atoms with van der Waals surface area (Å²) in [4.78, 5) is 4.88. The van der Waals surface area contributed by atoms with Crippen molar-refractivity contribution in [2.75, 3.05) is 27.2 Å². The quantitative estimate of drug-likeness (QED) is 0.226. The fourth-order valence-corrected chi connectivity index (χ4v) is 3.54. The van der Waals surface area contributed by atoms with Gasteiger partial charge in [0.25, 0.3) is 0 Å². The number of hydrogen-bond acceptors (Lipinski definition) is 3. The van der Waals surface area contributed by atoms with E-state index in [1.165, 1.54) is 24.0 Å². The van der Waals surface area contributed by atoms with Gasteiger partial charge in [0, 0.05) is 27.2 Å². The minimum absolute atomic E-state index is 0. The second-order valence-electron chi connectivity index (χ2n) is 6.64. The maximum atomic E-state index is 12.1. The number of nitrogens with zero attached hydrogens (tertiary/aromatic N) is 2. The van der Waals surface area contributed by atoms with Crippen LogP contribution >= 0.6 is 24.0 Å². The van der Waals surface area contributed by atoms with Crippen LogP contribution in [0.15, 0.2) is 64.5 Å². The third-order valence-electron chi connectivity index (χ3n) is 4.24. The van der Waals surface area contributed by atoms with Gasteiger partial charge in [-0.2, -0.15) is 0 Å². The van der Waals surface area contributed by atoms with E-state index in [-0.39, 0.29) is 28.9 Å². The molecule has 29 heavy (non-hydrogen) atoms. The second-order valence-corrected chi connectivity index (χ2v) is 8.79. The first-order valence-electron chi connectivity index (χ1n) is 9.51. The molecule has 0 spiro atoms. The van der Waals surface area contributed by atoms with E-state index in [4.69, 9.17) is 0 Å². The van der Waals surface area contributed by atoms with Crippen LogP contribution in [0.3, 0.4) is 0 Å². The SMILES string of the molecule is CCNC(=NCc1ccc(S(=O)(=O)N(C)C)cc1)NCCCc1ccccc1.I. The van der Waals surface area contributed by atoms with E-state index >= 15 is 0 Å². The highest BCUT2D eigenvalue weighted by atomic mass is 127. The average Bonchev–Trinajstić information content (AvgIpc) is 2.70. The molecule has 0 amide bonds. The molecule has 0 aromatic heterocycles. The molecule has 160 valence electrons. The van der Waals surface area contributed by atoms with Crippen LogP contribution in [-0.4, -0.2) is 45.9 Å². The first-order valence-corrected chi connectivity index (χ1v) is 10.9. The molecule has 0 aliphatic rings. The molecule has 0 atom stereocenters. The van der Waals surface area contributed by atoms with Crippen molar-refractivity contribution in [1.29, 1.82) is 0 Å². The Balaban J connectivity index is 0.00000420. The summed E-state index contributed by atoms with van der Waals surface area (Å²) in [6.07, 6.45) is 2.04. The summed E-state index contributed by atoms with van der Waals surface area (Å²) in [6.45, 7) is 4.13. The summed E-state index contributed by atoms with van der Waals surface area (Å²) in [7, 11) is -0.344. The number of aryl methyl sites for hydroxylation is 1. The third kappa shape index (κ3) is 8.31. The van der Waals surface area contributed by atoms with E-state index < -0.39 is 10.0 Å². The van der Waals surface area contributed by atoms with Gasteiger partial charge in [-0.05, 0) is 43.0 Å². The predicted molar refractivity (Wildman–Crippen MR) is 130 cm³/mol. The van der Waals surface area contributed by atoms with Gasteiger partial charge in [-0.1, -0.05) is 42.5 Å². The van der Waals surface area contributed by atoms with Crippen LogP contribution in [0.4, 0.5) is 0 Å². The van der Waals surface area contributed by atoms with Gasteiger partial charge in [0.2, 0.25) is 10.0 Å². The number of guanidine groups is 1. The molecule has 0 aliphatic carbocycles. The van der Waals surface area contributed by atoms with E-state index in [1.54, 1.807) is 24.3 Å². The first-order chi connectivity index (χ1) is 13.4. The maximum Gasteiger partial charge on any atom is 0.242 e. The van der Waals surface area contributed by atoms with Crippen LogP contribution in [0.2, 0.25) is 0 Å². The molecular formula is C21H31IN4O2S. The van der Waals surface area contributed by atoms with E-state index in [9.17, 15) is 8.42 Å². The van der Waals surface area contributed by atoms with Gasteiger partial charge in [0.05, 0.1) is 11.4 Å². The van der Waals surface area contributed by atoms with E-state index in [1.807, 2.05) is 13.0 Å². The van der Waals surface area contributed by atoms with Gasteiger partial charge in [-0.3, -0.25) is 0 Å². The molecule has 0 bridgehead atoms. The van der Waals surface area contributed by atoms with Crippen LogP contribution in [-0.2, 0) is 23.0 Å². The summed E-state index contributed by atoms with van der Waals surface area (Å²) in [6, 6.07) is 17.3. The normalized spacial score (nSPS) is 11.8. The number of halogens is 1. The Hall–Kier alpha value is -1.65. The predicted octanol–water partition coefficient (Wildman–Crippen LogP) is 3.24. The van der Waals surface area contributed by atoms with E-state index in [0.29, 0.717) is 6.54 Å². The fourth-order valence-electron chi connectivity index (χ4n) is 2.63. The summed E-state index contributed by atoms with van der Waals surface area (Å²) in [5, 5.41) is 6.59.